The number of rotatable bonds is 4. The van der Waals surface area contributed by atoms with Gasteiger partial charge in [0.1, 0.15) is 5.75 Å². The second-order valence-electron chi connectivity index (χ2n) is 4.94. The number of hydrogen-bond acceptors (Lipinski definition) is 2. The molecule has 1 unspecified atom stereocenters. The van der Waals surface area contributed by atoms with Crippen molar-refractivity contribution in [2.45, 2.75) is 26.8 Å². The Balaban J connectivity index is 2.10. The average molecular weight is 255 g/mol. The summed E-state index contributed by atoms with van der Waals surface area (Å²) in [5, 5.41) is 3.52. The lowest BCUT2D eigenvalue weighted by Crippen LogP contribution is -2.06. The quantitative estimate of drug-likeness (QED) is 0.869. The van der Waals surface area contributed by atoms with E-state index in [1.807, 2.05) is 12.1 Å². The molecule has 2 aromatic rings. The van der Waals surface area contributed by atoms with Gasteiger partial charge in [-0.1, -0.05) is 18.2 Å². The van der Waals surface area contributed by atoms with Crippen molar-refractivity contribution in [2.75, 3.05) is 12.4 Å². The maximum atomic E-state index is 5.18. The Bertz CT molecular complexity index is 546. The maximum absolute atomic E-state index is 5.18. The minimum atomic E-state index is 0.271. The van der Waals surface area contributed by atoms with E-state index in [9.17, 15) is 0 Å². The van der Waals surface area contributed by atoms with E-state index < -0.39 is 0 Å². The second-order valence-corrected chi connectivity index (χ2v) is 4.94. The minimum Gasteiger partial charge on any atom is -0.497 e. The lowest BCUT2D eigenvalue weighted by molar-refractivity contribution is 0.414. The highest BCUT2D eigenvalue weighted by Gasteiger charge is 2.06. The molecule has 0 bridgehead atoms. The smallest absolute Gasteiger partial charge is 0.118 e. The van der Waals surface area contributed by atoms with Crippen LogP contribution in [0.4, 0.5) is 5.69 Å². The average Bonchev–Trinajstić information content (AvgIpc) is 2.43. The molecule has 0 heterocycles. The van der Waals surface area contributed by atoms with Crippen LogP contribution in [0.2, 0.25) is 0 Å². The summed E-state index contributed by atoms with van der Waals surface area (Å²) in [7, 11) is 1.69. The molecule has 0 aromatic heterocycles. The fourth-order valence-electron chi connectivity index (χ4n) is 2.06. The second kappa shape index (κ2) is 5.79. The highest BCUT2D eigenvalue weighted by Crippen LogP contribution is 2.22. The van der Waals surface area contributed by atoms with Crippen molar-refractivity contribution in [1.29, 1.82) is 0 Å². The fraction of sp³-hybridized carbons (Fsp3) is 0.294. The monoisotopic (exact) mass is 255 g/mol. The Morgan fingerprint density at radius 1 is 0.947 bits per heavy atom. The third kappa shape index (κ3) is 3.28. The molecule has 19 heavy (non-hydrogen) atoms. The van der Waals surface area contributed by atoms with Crippen molar-refractivity contribution in [3.05, 3.63) is 59.2 Å². The number of ether oxygens (including phenoxy) is 1. The molecule has 0 aliphatic rings. The Kier molecular flexibility index (Phi) is 4.10. The van der Waals surface area contributed by atoms with Gasteiger partial charge in [0.2, 0.25) is 0 Å². The maximum Gasteiger partial charge on any atom is 0.118 e. The van der Waals surface area contributed by atoms with Crippen molar-refractivity contribution in [1.82, 2.24) is 0 Å². The first-order valence-corrected chi connectivity index (χ1v) is 6.58. The van der Waals surface area contributed by atoms with Crippen molar-refractivity contribution < 1.29 is 4.74 Å². The Morgan fingerprint density at radius 2 is 1.63 bits per heavy atom. The summed E-state index contributed by atoms with van der Waals surface area (Å²) < 4.78 is 5.18. The highest BCUT2D eigenvalue weighted by atomic mass is 16.5. The van der Waals surface area contributed by atoms with E-state index >= 15 is 0 Å². The van der Waals surface area contributed by atoms with E-state index in [0.29, 0.717) is 0 Å². The third-order valence-electron chi connectivity index (χ3n) is 3.51. The molecule has 0 saturated heterocycles. The summed E-state index contributed by atoms with van der Waals surface area (Å²) in [4.78, 5) is 0. The molecule has 2 nitrogen and oxygen atoms in total. The summed E-state index contributed by atoms with van der Waals surface area (Å²) in [6, 6.07) is 14.9. The summed E-state index contributed by atoms with van der Waals surface area (Å²) in [5.74, 6) is 0.891. The van der Waals surface area contributed by atoms with Crippen LogP contribution in [0.25, 0.3) is 0 Å². The number of nitrogens with one attached hydrogen (secondary N) is 1. The van der Waals surface area contributed by atoms with E-state index in [1.54, 1.807) is 7.11 Å². The zero-order valence-corrected chi connectivity index (χ0v) is 12.0. The van der Waals surface area contributed by atoms with Gasteiger partial charge >= 0.3 is 0 Å². The molecule has 0 spiro atoms. The van der Waals surface area contributed by atoms with Gasteiger partial charge in [0.25, 0.3) is 0 Å². The lowest BCUT2D eigenvalue weighted by Gasteiger charge is -2.17. The number of hydrogen-bond donors (Lipinski definition) is 1. The first-order chi connectivity index (χ1) is 9.10. The highest BCUT2D eigenvalue weighted by molar-refractivity contribution is 5.49. The first-order valence-electron chi connectivity index (χ1n) is 6.58. The topological polar surface area (TPSA) is 21.3 Å². The van der Waals surface area contributed by atoms with Crippen LogP contribution in [0.15, 0.2) is 42.5 Å². The molecule has 2 aromatic carbocycles. The molecule has 0 aliphatic heterocycles. The molecule has 0 saturated carbocycles. The molecule has 2 heteroatoms. The SMILES string of the molecule is COc1ccc(C(C)Nc2ccc(C)c(C)c2)cc1. The van der Waals surface area contributed by atoms with Crippen LogP contribution in [0.1, 0.15) is 29.7 Å². The van der Waals surface area contributed by atoms with E-state index in [1.165, 1.54) is 16.7 Å². The molecular formula is C17H21NO. The zero-order chi connectivity index (χ0) is 13.8. The van der Waals surface area contributed by atoms with Crippen molar-refractivity contribution >= 4 is 5.69 Å². The molecular weight excluding hydrogens is 234 g/mol. The lowest BCUT2D eigenvalue weighted by atomic mass is 10.1. The molecule has 0 fully saturated rings. The van der Waals surface area contributed by atoms with Crippen LogP contribution in [0, 0.1) is 13.8 Å². The molecule has 0 amide bonds. The number of methoxy groups -OCH3 is 1. The predicted molar refractivity (Wildman–Crippen MR) is 80.9 cm³/mol. The van der Waals surface area contributed by atoms with Crippen molar-refractivity contribution in [3.8, 4) is 5.75 Å². The molecule has 0 radical (unpaired) electrons. The van der Waals surface area contributed by atoms with Crippen LogP contribution in [-0.2, 0) is 0 Å². The summed E-state index contributed by atoms with van der Waals surface area (Å²) >= 11 is 0. The van der Waals surface area contributed by atoms with Crippen molar-refractivity contribution in [2.24, 2.45) is 0 Å². The minimum absolute atomic E-state index is 0.271. The van der Waals surface area contributed by atoms with E-state index in [2.05, 4.69) is 56.4 Å². The molecule has 1 atom stereocenters. The van der Waals surface area contributed by atoms with Crippen molar-refractivity contribution in [3.63, 3.8) is 0 Å². The predicted octanol–water partition coefficient (Wildman–Crippen LogP) is 4.49. The molecule has 1 N–H and O–H groups in total. The number of anilines is 1. The van der Waals surface area contributed by atoms with Gasteiger partial charge in [-0.15, -0.1) is 0 Å². The Morgan fingerprint density at radius 3 is 2.21 bits per heavy atom. The Hall–Kier alpha value is -1.96. The van der Waals surface area contributed by atoms with Crippen LogP contribution < -0.4 is 10.1 Å². The largest absolute Gasteiger partial charge is 0.497 e. The number of benzene rings is 2. The van der Waals surface area contributed by atoms with Gasteiger partial charge in [0, 0.05) is 11.7 Å². The zero-order valence-electron chi connectivity index (χ0n) is 12.0. The summed E-state index contributed by atoms with van der Waals surface area (Å²) in [6.45, 7) is 6.43. The van der Waals surface area contributed by atoms with E-state index in [4.69, 9.17) is 4.74 Å². The van der Waals surface area contributed by atoms with Crippen LogP contribution in [0.5, 0.6) is 5.75 Å². The van der Waals surface area contributed by atoms with Gasteiger partial charge in [-0.2, -0.15) is 0 Å². The third-order valence-corrected chi connectivity index (χ3v) is 3.51. The normalized spacial score (nSPS) is 12.0. The molecule has 2 rings (SSSR count). The first kappa shape index (κ1) is 13.5. The van der Waals surface area contributed by atoms with Crippen LogP contribution in [-0.4, -0.2) is 7.11 Å². The van der Waals surface area contributed by atoms with Crippen LogP contribution in [0.3, 0.4) is 0 Å². The van der Waals surface area contributed by atoms with E-state index in [-0.39, 0.29) is 6.04 Å². The van der Waals surface area contributed by atoms with Gasteiger partial charge in [-0.3, -0.25) is 0 Å². The van der Waals surface area contributed by atoms with Gasteiger partial charge in [-0.25, -0.2) is 0 Å². The van der Waals surface area contributed by atoms with Gasteiger partial charge < -0.3 is 10.1 Å². The summed E-state index contributed by atoms with van der Waals surface area (Å²) in [6.07, 6.45) is 0. The van der Waals surface area contributed by atoms with Gasteiger partial charge in [-0.05, 0) is 61.7 Å². The van der Waals surface area contributed by atoms with Crippen LogP contribution >= 0.6 is 0 Å². The summed E-state index contributed by atoms with van der Waals surface area (Å²) in [5.41, 5.74) is 5.04. The molecule has 100 valence electrons. The number of aryl methyl sites for hydroxylation is 2. The fourth-order valence-corrected chi connectivity index (χ4v) is 2.06. The van der Waals surface area contributed by atoms with Gasteiger partial charge in [0.05, 0.1) is 7.11 Å². The van der Waals surface area contributed by atoms with Gasteiger partial charge in [0.15, 0.2) is 0 Å². The van der Waals surface area contributed by atoms with E-state index in [0.717, 1.165) is 11.4 Å². The standard InChI is InChI=1S/C17H21NO/c1-12-5-8-16(11-13(12)2)18-14(3)15-6-9-17(19-4)10-7-15/h5-11,14,18H,1-4H3. The Labute approximate surface area is 115 Å². The molecule has 0 aliphatic carbocycles.